The number of nitro benzene ring substituents is 1. The Balaban J connectivity index is 1.80. The van der Waals surface area contributed by atoms with Crippen LogP contribution in [-0.2, 0) is 4.74 Å². The van der Waals surface area contributed by atoms with Crippen molar-refractivity contribution in [1.82, 2.24) is 0 Å². The molecule has 1 fully saturated rings. The summed E-state index contributed by atoms with van der Waals surface area (Å²) in [7, 11) is 1.66. The summed E-state index contributed by atoms with van der Waals surface area (Å²) in [4.78, 5) is 10.7. The van der Waals surface area contributed by atoms with Gasteiger partial charge >= 0.3 is 0 Å². The first-order chi connectivity index (χ1) is 12.1. The second kappa shape index (κ2) is 6.31. The van der Waals surface area contributed by atoms with E-state index < -0.39 is 0 Å². The minimum atomic E-state index is -0.367. The fourth-order valence-corrected chi connectivity index (χ4v) is 4.21. The lowest BCUT2D eigenvalue weighted by atomic mass is 9.80. The predicted octanol–water partition coefficient (Wildman–Crippen LogP) is 4.61. The van der Waals surface area contributed by atoms with Crippen molar-refractivity contribution >= 4 is 27.3 Å². The van der Waals surface area contributed by atoms with Gasteiger partial charge in [-0.25, -0.2) is 0 Å². The van der Waals surface area contributed by atoms with E-state index in [-0.39, 0.29) is 28.7 Å². The SMILES string of the molecule is COc1ccc(Br)cc1[C@@H]1Nc2ccc([N+](=O)[O-])cc2[C@@H]2OCC[C@H]12. The summed E-state index contributed by atoms with van der Waals surface area (Å²) >= 11 is 3.53. The second-order valence-corrected chi connectivity index (χ2v) is 7.20. The van der Waals surface area contributed by atoms with E-state index in [1.54, 1.807) is 19.2 Å². The van der Waals surface area contributed by atoms with Gasteiger partial charge in [-0.1, -0.05) is 15.9 Å². The number of halogens is 1. The monoisotopic (exact) mass is 404 g/mol. The minimum absolute atomic E-state index is 0.0221. The molecule has 0 spiro atoms. The van der Waals surface area contributed by atoms with Gasteiger partial charge in [0.05, 0.1) is 24.2 Å². The molecule has 1 N–H and O–H groups in total. The predicted molar refractivity (Wildman–Crippen MR) is 97.0 cm³/mol. The van der Waals surface area contributed by atoms with Crippen LogP contribution in [0.3, 0.4) is 0 Å². The first-order valence-corrected chi connectivity index (χ1v) is 8.87. The van der Waals surface area contributed by atoms with E-state index in [4.69, 9.17) is 9.47 Å². The normalized spacial score (nSPS) is 24.2. The molecule has 2 aromatic rings. The molecule has 2 aromatic carbocycles. The Hall–Kier alpha value is -2.12. The quantitative estimate of drug-likeness (QED) is 0.597. The van der Waals surface area contributed by atoms with Crippen molar-refractivity contribution in [1.29, 1.82) is 0 Å². The number of rotatable bonds is 3. The molecular formula is C18H17BrN2O4. The third-order valence-electron chi connectivity index (χ3n) is 4.96. The lowest BCUT2D eigenvalue weighted by Crippen LogP contribution is -2.29. The highest BCUT2D eigenvalue weighted by molar-refractivity contribution is 9.10. The lowest BCUT2D eigenvalue weighted by molar-refractivity contribution is -0.385. The Bertz CT molecular complexity index is 842. The van der Waals surface area contributed by atoms with Crippen LogP contribution >= 0.6 is 15.9 Å². The fraction of sp³-hybridized carbons (Fsp3) is 0.333. The largest absolute Gasteiger partial charge is 0.496 e. The maximum absolute atomic E-state index is 11.1. The zero-order chi connectivity index (χ0) is 17.6. The number of nitrogens with one attached hydrogen (secondary N) is 1. The number of methoxy groups -OCH3 is 1. The number of nitrogens with zero attached hydrogens (tertiary/aromatic N) is 1. The molecule has 0 aromatic heterocycles. The van der Waals surface area contributed by atoms with Gasteiger partial charge in [0.15, 0.2) is 0 Å². The number of benzene rings is 2. The first kappa shape index (κ1) is 16.4. The van der Waals surface area contributed by atoms with Crippen molar-refractivity contribution in [2.75, 3.05) is 19.0 Å². The van der Waals surface area contributed by atoms with E-state index in [1.165, 1.54) is 6.07 Å². The molecular weight excluding hydrogens is 388 g/mol. The maximum Gasteiger partial charge on any atom is 0.269 e. The van der Waals surface area contributed by atoms with Crippen molar-refractivity contribution in [3.05, 3.63) is 62.1 Å². The maximum atomic E-state index is 11.1. The Kier molecular flexibility index (Phi) is 4.13. The van der Waals surface area contributed by atoms with Gasteiger partial charge in [-0.3, -0.25) is 10.1 Å². The highest BCUT2D eigenvalue weighted by Gasteiger charge is 2.43. The molecule has 4 rings (SSSR count). The number of fused-ring (bicyclic) bond motifs is 3. The van der Waals surface area contributed by atoms with E-state index in [0.29, 0.717) is 6.61 Å². The summed E-state index contributed by atoms with van der Waals surface area (Å²) in [5.74, 6) is 1.01. The van der Waals surface area contributed by atoms with Crippen LogP contribution < -0.4 is 10.1 Å². The van der Waals surface area contributed by atoms with E-state index >= 15 is 0 Å². The van der Waals surface area contributed by atoms with Crippen LogP contribution in [0.25, 0.3) is 0 Å². The molecule has 130 valence electrons. The molecule has 25 heavy (non-hydrogen) atoms. The molecule has 0 bridgehead atoms. The molecule has 0 radical (unpaired) electrons. The van der Waals surface area contributed by atoms with Gasteiger partial charge in [0.25, 0.3) is 5.69 Å². The number of nitro groups is 1. The standard InChI is InChI=1S/C18H17BrN2O4/c1-24-16-5-2-10(19)8-14(16)17-12-6-7-25-18(12)13-9-11(21(22)23)3-4-15(13)20-17/h2-5,8-9,12,17-18,20H,6-7H2,1H3/t12-,17-,18-/m1/s1. The minimum Gasteiger partial charge on any atom is -0.496 e. The number of non-ortho nitro benzene ring substituents is 1. The van der Waals surface area contributed by atoms with Gasteiger partial charge in [-0.15, -0.1) is 0 Å². The van der Waals surface area contributed by atoms with Crippen molar-refractivity contribution in [2.45, 2.75) is 18.6 Å². The Morgan fingerprint density at radius 1 is 1.28 bits per heavy atom. The number of hydrogen-bond donors (Lipinski definition) is 1. The van der Waals surface area contributed by atoms with Crippen LogP contribution in [0.1, 0.15) is 29.7 Å². The zero-order valence-electron chi connectivity index (χ0n) is 13.6. The second-order valence-electron chi connectivity index (χ2n) is 6.28. The van der Waals surface area contributed by atoms with Gasteiger partial charge in [-0.2, -0.15) is 0 Å². The molecule has 0 amide bonds. The molecule has 0 unspecified atom stereocenters. The van der Waals surface area contributed by atoms with E-state index in [2.05, 4.69) is 27.3 Å². The van der Waals surface area contributed by atoms with Crippen LogP contribution in [0.2, 0.25) is 0 Å². The summed E-state index contributed by atoms with van der Waals surface area (Å²) < 4.78 is 12.5. The summed E-state index contributed by atoms with van der Waals surface area (Å²) in [6, 6.07) is 10.9. The molecule has 2 aliphatic rings. The lowest BCUT2D eigenvalue weighted by Gasteiger charge is -2.36. The van der Waals surface area contributed by atoms with Gasteiger partial charge in [0.1, 0.15) is 5.75 Å². The van der Waals surface area contributed by atoms with E-state index in [0.717, 1.165) is 33.5 Å². The number of anilines is 1. The van der Waals surface area contributed by atoms with Crippen LogP contribution in [-0.4, -0.2) is 18.6 Å². The Labute approximate surface area is 153 Å². The summed E-state index contributed by atoms with van der Waals surface area (Å²) in [5.41, 5.74) is 2.89. The van der Waals surface area contributed by atoms with Gasteiger partial charge in [-0.05, 0) is 30.7 Å². The zero-order valence-corrected chi connectivity index (χ0v) is 15.2. The van der Waals surface area contributed by atoms with Crippen LogP contribution in [0.15, 0.2) is 40.9 Å². The van der Waals surface area contributed by atoms with Crippen molar-refractivity contribution in [2.24, 2.45) is 5.92 Å². The van der Waals surface area contributed by atoms with Crippen molar-refractivity contribution in [3.8, 4) is 5.75 Å². The molecule has 0 saturated carbocycles. The molecule has 2 aliphatic heterocycles. The van der Waals surface area contributed by atoms with Gasteiger partial charge < -0.3 is 14.8 Å². The van der Waals surface area contributed by atoms with Gasteiger partial charge in [0, 0.05) is 45.9 Å². The fourth-order valence-electron chi connectivity index (χ4n) is 3.83. The summed E-state index contributed by atoms with van der Waals surface area (Å²) in [5, 5.41) is 14.7. The average Bonchev–Trinajstić information content (AvgIpc) is 3.10. The molecule has 3 atom stereocenters. The Morgan fingerprint density at radius 3 is 2.88 bits per heavy atom. The van der Waals surface area contributed by atoms with E-state index in [9.17, 15) is 10.1 Å². The highest BCUT2D eigenvalue weighted by Crippen LogP contribution is 2.52. The first-order valence-electron chi connectivity index (χ1n) is 8.08. The molecule has 6 nitrogen and oxygen atoms in total. The van der Waals surface area contributed by atoms with Crippen molar-refractivity contribution in [3.63, 3.8) is 0 Å². The third-order valence-corrected chi connectivity index (χ3v) is 5.45. The Morgan fingerprint density at radius 2 is 2.12 bits per heavy atom. The van der Waals surface area contributed by atoms with Crippen molar-refractivity contribution < 1.29 is 14.4 Å². The highest BCUT2D eigenvalue weighted by atomic mass is 79.9. The number of hydrogen-bond acceptors (Lipinski definition) is 5. The molecule has 1 saturated heterocycles. The summed E-state index contributed by atoms with van der Waals surface area (Å²) in [6.07, 6.45) is 0.741. The average molecular weight is 405 g/mol. The van der Waals surface area contributed by atoms with Crippen LogP contribution in [0.5, 0.6) is 5.75 Å². The van der Waals surface area contributed by atoms with Crippen LogP contribution in [0.4, 0.5) is 11.4 Å². The molecule has 0 aliphatic carbocycles. The summed E-state index contributed by atoms with van der Waals surface area (Å²) in [6.45, 7) is 0.645. The van der Waals surface area contributed by atoms with Gasteiger partial charge in [0.2, 0.25) is 0 Å². The topological polar surface area (TPSA) is 73.6 Å². The number of ether oxygens (including phenoxy) is 2. The molecule has 2 heterocycles. The van der Waals surface area contributed by atoms with Crippen LogP contribution in [0, 0.1) is 16.0 Å². The molecule has 7 heteroatoms. The third kappa shape index (κ3) is 2.77. The van der Waals surface area contributed by atoms with E-state index in [1.807, 2.05) is 12.1 Å². The smallest absolute Gasteiger partial charge is 0.269 e.